The first kappa shape index (κ1) is 28.9. The van der Waals surface area contributed by atoms with Gasteiger partial charge in [-0.25, -0.2) is 0 Å². The maximum atomic E-state index is 13.6. The number of ether oxygens (including phenoxy) is 2. The van der Waals surface area contributed by atoms with Crippen molar-refractivity contribution in [3.63, 3.8) is 0 Å². The Labute approximate surface area is 211 Å². The van der Waals surface area contributed by atoms with E-state index < -0.39 is 65.1 Å². The zero-order chi connectivity index (χ0) is 27.2. The number of amides is 1. The molecule has 0 spiro atoms. The molecule has 2 bridgehead atoms. The summed E-state index contributed by atoms with van der Waals surface area (Å²) in [5.74, 6) is -4.37. The zero-order valence-corrected chi connectivity index (χ0v) is 21.6. The number of ketones is 2. The molecule has 1 fully saturated rings. The number of rotatable bonds is 3. The normalized spacial score (nSPS) is 36.2. The van der Waals surface area contributed by atoms with Gasteiger partial charge in [-0.3, -0.25) is 24.0 Å². The average Bonchev–Trinajstić information content (AvgIpc) is 2.80. The highest BCUT2D eigenvalue weighted by molar-refractivity contribution is 6.35. The molecule has 2 N–H and O–H groups in total. The van der Waals surface area contributed by atoms with Crippen LogP contribution in [-0.2, 0) is 33.4 Å². The molecular formula is C27H35NO8. The highest BCUT2D eigenvalue weighted by Crippen LogP contribution is 2.38. The highest BCUT2D eigenvalue weighted by Gasteiger charge is 2.56. The Morgan fingerprint density at radius 1 is 1.11 bits per heavy atom. The van der Waals surface area contributed by atoms with Crippen LogP contribution in [0.2, 0.25) is 0 Å². The molecule has 0 aromatic heterocycles. The topological polar surface area (TPSA) is 136 Å². The number of carbonyl (C=O) groups is 5. The van der Waals surface area contributed by atoms with E-state index in [1.807, 2.05) is 13.0 Å². The molecule has 3 aliphatic rings. The maximum absolute atomic E-state index is 13.6. The third-order valence-electron chi connectivity index (χ3n) is 6.44. The average molecular weight is 502 g/mol. The Balaban J connectivity index is 2.60. The van der Waals surface area contributed by atoms with Gasteiger partial charge < -0.3 is 19.9 Å². The number of hydrogen-bond donors (Lipinski definition) is 2. The van der Waals surface area contributed by atoms with Crippen molar-refractivity contribution in [1.29, 1.82) is 0 Å². The summed E-state index contributed by atoms with van der Waals surface area (Å²) in [6.45, 7) is 8.85. The molecule has 196 valence electrons. The second-order valence-electron chi connectivity index (χ2n) is 9.57. The van der Waals surface area contributed by atoms with E-state index in [9.17, 15) is 29.1 Å². The molecule has 2 heterocycles. The summed E-state index contributed by atoms with van der Waals surface area (Å²) in [4.78, 5) is 62.5. The Kier molecular flexibility index (Phi) is 9.69. The number of allylic oxidation sites excluding steroid dienone is 4. The Morgan fingerprint density at radius 2 is 1.75 bits per heavy atom. The molecule has 2 aliphatic heterocycles. The Bertz CT molecular complexity index is 1040. The van der Waals surface area contributed by atoms with Crippen LogP contribution in [0.5, 0.6) is 0 Å². The molecule has 2 unspecified atom stereocenters. The molecule has 1 saturated heterocycles. The van der Waals surface area contributed by atoms with Gasteiger partial charge >= 0.3 is 11.9 Å². The van der Waals surface area contributed by atoms with Gasteiger partial charge in [-0.1, -0.05) is 48.5 Å². The predicted molar refractivity (Wildman–Crippen MR) is 131 cm³/mol. The number of nitrogens with one attached hydrogen (secondary N) is 1. The Morgan fingerprint density at radius 3 is 2.36 bits per heavy atom. The van der Waals surface area contributed by atoms with Gasteiger partial charge in [0.2, 0.25) is 5.78 Å². The van der Waals surface area contributed by atoms with Crippen molar-refractivity contribution in [2.45, 2.75) is 78.7 Å². The largest absolute Gasteiger partial charge is 0.461 e. The lowest BCUT2D eigenvalue weighted by molar-refractivity contribution is -0.182. The second-order valence-corrected chi connectivity index (χ2v) is 9.57. The molecule has 36 heavy (non-hydrogen) atoms. The minimum Gasteiger partial charge on any atom is -0.461 e. The summed E-state index contributed by atoms with van der Waals surface area (Å²) in [7, 11) is 0. The van der Waals surface area contributed by atoms with Gasteiger partial charge in [0.1, 0.15) is 17.6 Å². The first-order chi connectivity index (χ1) is 16.7. The number of Topliss-reactive ketones (excluding diaryl/α,β-unsaturated/α-hetero) is 2. The van der Waals surface area contributed by atoms with Crippen LogP contribution in [0.4, 0.5) is 0 Å². The number of carbonyl (C=O) groups excluding carboxylic acids is 5. The van der Waals surface area contributed by atoms with Crippen LogP contribution in [-0.4, -0.2) is 58.9 Å². The SMILES string of the molecule is CC(=O)O[C@@H]1/C=C/C(C)=C/C[C@H](O)/C=C/C(C)=C/[C@@H](NC(=O)C(C)=O)C2(C)C(=O)OC(C1)[C@@H](C)C2=O. The summed E-state index contributed by atoms with van der Waals surface area (Å²) < 4.78 is 11.1. The minimum atomic E-state index is -1.81. The van der Waals surface area contributed by atoms with Crippen molar-refractivity contribution >= 4 is 29.4 Å². The van der Waals surface area contributed by atoms with Crippen molar-refractivity contribution < 1.29 is 38.6 Å². The lowest BCUT2D eigenvalue weighted by Gasteiger charge is -2.42. The minimum absolute atomic E-state index is 0.0571. The standard InChI is InChI=1S/C27H35NO8/c1-15-7-10-20(31)11-8-16(2)13-23(28-25(33)18(4)29)27(6)24(32)17(3)22(36-26(27)34)14-21(12-9-15)35-19(5)30/h7-9,11-13,17,20-23,31H,10,14H2,1-6H3,(H,28,33)/b11-8+,12-9+,15-7+,16-13+/t17-,20+,21-,22?,23-,27?/m1/s1. The molecule has 0 radical (unpaired) electrons. The van der Waals surface area contributed by atoms with Gasteiger partial charge in [-0.05, 0) is 33.3 Å². The molecule has 0 aromatic rings. The van der Waals surface area contributed by atoms with Gasteiger partial charge in [0.15, 0.2) is 5.78 Å². The summed E-state index contributed by atoms with van der Waals surface area (Å²) in [6.07, 6.45) is 7.78. The van der Waals surface area contributed by atoms with E-state index in [4.69, 9.17) is 9.47 Å². The third kappa shape index (κ3) is 7.10. The predicted octanol–water partition coefficient (Wildman–Crippen LogP) is 2.29. The van der Waals surface area contributed by atoms with Gasteiger partial charge in [0.25, 0.3) is 5.91 Å². The van der Waals surface area contributed by atoms with Crippen LogP contribution in [0.25, 0.3) is 0 Å². The molecule has 9 nitrogen and oxygen atoms in total. The molecular weight excluding hydrogens is 466 g/mol. The van der Waals surface area contributed by atoms with Crippen LogP contribution < -0.4 is 5.32 Å². The molecule has 0 saturated carbocycles. The zero-order valence-electron chi connectivity index (χ0n) is 21.6. The lowest BCUT2D eigenvalue weighted by atomic mass is 9.69. The molecule has 6 atom stereocenters. The van der Waals surface area contributed by atoms with E-state index in [1.165, 1.54) is 19.9 Å². The van der Waals surface area contributed by atoms with Gasteiger partial charge in [0, 0.05) is 20.3 Å². The summed E-state index contributed by atoms with van der Waals surface area (Å²) in [6, 6.07) is -1.18. The van der Waals surface area contributed by atoms with Crippen molar-refractivity contribution in [1.82, 2.24) is 5.32 Å². The Hall–Kier alpha value is -3.33. The molecule has 1 aliphatic carbocycles. The third-order valence-corrected chi connectivity index (χ3v) is 6.44. The van der Waals surface area contributed by atoms with E-state index >= 15 is 0 Å². The van der Waals surface area contributed by atoms with Crippen LogP contribution >= 0.6 is 0 Å². The van der Waals surface area contributed by atoms with Gasteiger partial charge in [-0.2, -0.15) is 0 Å². The number of aliphatic hydroxyl groups is 1. The smallest absolute Gasteiger partial charge is 0.322 e. The van der Waals surface area contributed by atoms with E-state index in [1.54, 1.807) is 38.2 Å². The van der Waals surface area contributed by atoms with E-state index in [0.717, 1.165) is 12.5 Å². The number of hydrogen-bond acceptors (Lipinski definition) is 8. The summed E-state index contributed by atoms with van der Waals surface area (Å²) in [5.41, 5.74) is -0.437. The van der Waals surface area contributed by atoms with Crippen molar-refractivity contribution in [3.05, 3.63) is 47.6 Å². The number of esters is 2. The van der Waals surface area contributed by atoms with Crippen LogP contribution in [0, 0.1) is 11.3 Å². The summed E-state index contributed by atoms with van der Waals surface area (Å²) >= 11 is 0. The van der Waals surface area contributed by atoms with Gasteiger partial charge in [0.05, 0.1) is 18.1 Å². The van der Waals surface area contributed by atoms with E-state index in [-0.39, 0.29) is 6.42 Å². The first-order valence-corrected chi connectivity index (χ1v) is 11.9. The van der Waals surface area contributed by atoms with E-state index in [0.29, 0.717) is 12.0 Å². The lowest BCUT2D eigenvalue weighted by Crippen LogP contribution is -2.61. The summed E-state index contributed by atoms with van der Waals surface area (Å²) in [5, 5.41) is 12.8. The fraction of sp³-hybridized carbons (Fsp3) is 0.519. The number of fused-ring (bicyclic) bond motifs is 10. The first-order valence-electron chi connectivity index (χ1n) is 11.9. The van der Waals surface area contributed by atoms with Crippen molar-refractivity contribution in [3.8, 4) is 0 Å². The van der Waals surface area contributed by atoms with Crippen LogP contribution in [0.1, 0.15) is 54.4 Å². The van der Waals surface area contributed by atoms with Crippen LogP contribution in [0.3, 0.4) is 0 Å². The number of aliphatic hydroxyl groups excluding tert-OH is 1. The monoisotopic (exact) mass is 501 g/mol. The highest BCUT2D eigenvalue weighted by atomic mass is 16.6. The van der Waals surface area contributed by atoms with Crippen LogP contribution in [0.15, 0.2) is 47.6 Å². The molecule has 9 heteroatoms. The molecule has 3 rings (SSSR count). The maximum Gasteiger partial charge on any atom is 0.322 e. The van der Waals surface area contributed by atoms with E-state index in [2.05, 4.69) is 5.32 Å². The van der Waals surface area contributed by atoms with Crippen molar-refractivity contribution in [2.24, 2.45) is 11.3 Å². The fourth-order valence-electron chi connectivity index (χ4n) is 4.13. The molecule has 0 aromatic carbocycles. The van der Waals surface area contributed by atoms with Gasteiger partial charge in [-0.15, -0.1) is 0 Å². The van der Waals surface area contributed by atoms with Crippen molar-refractivity contribution in [2.75, 3.05) is 0 Å². The molecule has 1 amide bonds. The fourth-order valence-corrected chi connectivity index (χ4v) is 4.13. The quantitative estimate of drug-likeness (QED) is 0.342. The second kappa shape index (κ2) is 12.1.